The van der Waals surface area contributed by atoms with Crippen molar-refractivity contribution in [2.45, 2.75) is 57.0 Å². The maximum Gasteiger partial charge on any atom is 0.0136 e. The lowest BCUT2D eigenvalue weighted by atomic mass is 9.84. The van der Waals surface area contributed by atoms with Crippen LogP contribution >= 0.6 is 0 Å². The van der Waals surface area contributed by atoms with Gasteiger partial charge in [0.25, 0.3) is 0 Å². The van der Waals surface area contributed by atoms with Crippen LogP contribution < -0.4 is 10.6 Å². The highest BCUT2D eigenvalue weighted by Gasteiger charge is 2.24. The minimum atomic E-state index is 0.512. The summed E-state index contributed by atoms with van der Waals surface area (Å²) in [5.74, 6) is 0.609. The molecule has 0 bridgehead atoms. The summed E-state index contributed by atoms with van der Waals surface area (Å²) in [5, 5.41) is 7.51. The summed E-state index contributed by atoms with van der Waals surface area (Å²) in [5.41, 5.74) is 2.90. The molecular formula is C23H32N2. The van der Waals surface area contributed by atoms with Crippen LogP contribution in [0.2, 0.25) is 0 Å². The van der Waals surface area contributed by atoms with Gasteiger partial charge in [0.2, 0.25) is 0 Å². The lowest BCUT2D eigenvalue weighted by molar-refractivity contribution is 0.333. The zero-order valence-corrected chi connectivity index (χ0v) is 15.5. The van der Waals surface area contributed by atoms with Crippen LogP contribution in [0.3, 0.4) is 0 Å². The van der Waals surface area contributed by atoms with Crippen LogP contribution in [-0.4, -0.2) is 25.2 Å². The van der Waals surface area contributed by atoms with Gasteiger partial charge < -0.3 is 10.6 Å². The third-order valence-electron chi connectivity index (χ3n) is 5.39. The normalized spacial score (nSPS) is 20.1. The maximum atomic E-state index is 3.77. The molecule has 134 valence electrons. The van der Waals surface area contributed by atoms with Crippen LogP contribution in [0.25, 0.3) is 0 Å². The molecule has 0 amide bonds. The first kappa shape index (κ1) is 18.2. The molecule has 0 spiro atoms. The van der Waals surface area contributed by atoms with Crippen LogP contribution in [0.4, 0.5) is 0 Å². The molecule has 1 aliphatic rings. The fourth-order valence-electron chi connectivity index (χ4n) is 4.05. The molecule has 0 aliphatic carbocycles. The molecule has 2 N–H and O–H groups in total. The standard InChI is InChI=1S/C23H32N2/c1-19(18-20-10-4-2-5-11-20)24-17-15-22(21-12-6-3-7-13-21)23-14-8-9-16-25-23/h2-7,10-13,19,22-25H,8-9,14-18H2,1H3. The van der Waals surface area contributed by atoms with Crippen molar-refractivity contribution in [3.63, 3.8) is 0 Å². The summed E-state index contributed by atoms with van der Waals surface area (Å²) in [6.07, 6.45) is 6.28. The summed E-state index contributed by atoms with van der Waals surface area (Å²) in [6.45, 7) is 4.54. The van der Waals surface area contributed by atoms with Gasteiger partial charge in [-0.25, -0.2) is 0 Å². The Morgan fingerprint density at radius 2 is 1.72 bits per heavy atom. The molecule has 3 rings (SSSR count). The first-order valence-corrected chi connectivity index (χ1v) is 9.88. The highest BCUT2D eigenvalue weighted by atomic mass is 14.9. The van der Waals surface area contributed by atoms with Crippen molar-refractivity contribution >= 4 is 0 Å². The number of piperidine rings is 1. The predicted molar refractivity (Wildman–Crippen MR) is 107 cm³/mol. The van der Waals surface area contributed by atoms with Crippen molar-refractivity contribution in [2.24, 2.45) is 0 Å². The van der Waals surface area contributed by atoms with E-state index in [9.17, 15) is 0 Å². The minimum absolute atomic E-state index is 0.512. The quantitative estimate of drug-likeness (QED) is 0.740. The van der Waals surface area contributed by atoms with E-state index in [0.29, 0.717) is 18.0 Å². The number of rotatable bonds is 8. The van der Waals surface area contributed by atoms with E-state index in [0.717, 1.165) is 13.0 Å². The zero-order chi connectivity index (χ0) is 17.3. The second-order valence-electron chi connectivity index (χ2n) is 7.41. The highest BCUT2D eigenvalue weighted by Crippen LogP contribution is 2.28. The number of hydrogen-bond donors (Lipinski definition) is 2. The van der Waals surface area contributed by atoms with Gasteiger partial charge in [-0.15, -0.1) is 0 Å². The average Bonchev–Trinajstić information content (AvgIpc) is 2.67. The van der Waals surface area contributed by atoms with E-state index in [-0.39, 0.29) is 0 Å². The van der Waals surface area contributed by atoms with Gasteiger partial charge in [-0.3, -0.25) is 0 Å². The van der Waals surface area contributed by atoms with Gasteiger partial charge in [-0.2, -0.15) is 0 Å². The third kappa shape index (κ3) is 5.69. The molecule has 2 nitrogen and oxygen atoms in total. The summed E-state index contributed by atoms with van der Waals surface area (Å²) in [7, 11) is 0. The van der Waals surface area contributed by atoms with Crippen molar-refractivity contribution in [3.8, 4) is 0 Å². The molecule has 0 radical (unpaired) electrons. The fraction of sp³-hybridized carbons (Fsp3) is 0.478. The van der Waals surface area contributed by atoms with E-state index < -0.39 is 0 Å². The van der Waals surface area contributed by atoms with Crippen LogP contribution in [0, 0.1) is 0 Å². The Balaban J connectivity index is 1.53. The molecule has 1 saturated heterocycles. The van der Waals surface area contributed by atoms with Crippen molar-refractivity contribution in [1.82, 2.24) is 10.6 Å². The van der Waals surface area contributed by atoms with E-state index in [1.54, 1.807) is 0 Å². The summed E-state index contributed by atoms with van der Waals surface area (Å²) in [4.78, 5) is 0. The Labute approximate surface area is 153 Å². The van der Waals surface area contributed by atoms with E-state index in [1.807, 2.05) is 0 Å². The van der Waals surface area contributed by atoms with Gasteiger partial charge in [-0.05, 0) is 56.8 Å². The molecule has 0 saturated carbocycles. The van der Waals surface area contributed by atoms with Gasteiger partial charge >= 0.3 is 0 Å². The summed E-state index contributed by atoms with van der Waals surface area (Å²) >= 11 is 0. The number of hydrogen-bond acceptors (Lipinski definition) is 2. The van der Waals surface area contributed by atoms with E-state index >= 15 is 0 Å². The number of nitrogens with one attached hydrogen (secondary N) is 2. The molecule has 0 aromatic heterocycles. The molecule has 25 heavy (non-hydrogen) atoms. The van der Waals surface area contributed by atoms with Crippen molar-refractivity contribution < 1.29 is 0 Å². The smallest absolute Gasteiger partial charge is 0.0136 e. The van der Waals surface area contributed by atoms with Gasteiger partial charge in [0.1, 0.15) is 0 Å². The van der Waals surface area contributed by atoms with Crippen molar-refractivity contribution in [2.75, 3.05) is 13.1 Å². The second kappa shape index (κ2) is 9.74. The Bertz CT molecular complexity index is 590. The van der Waals surface area contributed by atoms with Gasteiger partial charge in [-0.1, -0.05) is 67.1 Å². The fourth-order valence-corrected chi connectivity index (χ4v) is 4.05. The topological polar surface area (TPSA) is 24.1 Å². The molecule has 1 fully saturated rings. The van der Waals surface area contributed by atoms with E-state index in [2.05, 4.69) is 78.2 Å². The molecule has 1 aliphatic heterocycles. The maximum absolute atomic E-state index is 3.77. The lowest BCUT2D eigenvalue weighted by Crippen LogP contribution is -2.40. The van der Waals surface area contributed by atoms with E-state index in [4.69, 9.17) is 0 Å². The first-order chi connectivity index (χ1) is 12.3. The number of benzene rings is 2. The predicted octanol–water partition coefficient (Wildman–Crippen LogP) is 4.52. The minimum Gasteiger partial charge on any atom is -0.314 e. The van der Waals surface area contributed by atoms with Gasteiger partial charge in [0.05, 0.1) is 0 Å². The third-order valence-corrected chi connectivity index (χ3v) is 5.39. The van der Waals surface area contributed by atoms with E-state index in [1.165, 1.54) is 43.4 Å². The second-order valence-corrected chi connectivity index (χ2v) is 7.41. The zero-order valence-electron chi connectivity index (χ0n) is 15.5. The van der Waals surface area contributed by atoms with Crippen LogP contribution in [0.1, 0.15) is 49.7 Å². The van der Waals surface area contributed by atoms with Crippen molar-refractivity contribution in [3.05, 3.63) is 71.8 Å². The summed E-state index contributed by atoms with van der Waals surface area (Å²) in [6, 6.07) is 23.0. The lowest BCUT2D eigenvalue weighted by Gasteiger charge is -2.32. The van der Waals surface area contributed by atoms with Gasteiger partial charge in [0, 0.05) is 18.0 Å². The molecule has 1 heterocycles. The average molecular weight is 337 g/mol. The highest BCUT2D eigenvalue weighted by molar-refractivity contribution is 5.22. The molecular weight excluding hydrogens is 304 g/mol. The summed E-state index contributed by atoms with van der Waals surface area (Å²) < 4.78 is 0. The monoisotopic (exact) mass is 336 g/mol. The molecule has 3 unspecified atom stereocenters. The Morgan fingerprint density at radius 3 is 2.40 bits per heavy atom. The SMILES string of the molecule is CC(Cc1ccccc1)NCCC(c1ccccc1)C1CCCCN1. The van der Waals surface area contributed by atoms with Crippen LogP contribution in [-0.2, 0) is 6.42 Å². The van der Waals surface area contributed by atoms with Crippen LogP contribution in [0.5, 0.6) is 0 Å². The first-order valence-electron chi connectivity index (χ1n) is 9.88. The Hall–Kier alpha value is -1.64. The largest absolute Gasteiger partial charge is 0.314 e. The van der Waals surface area contributed by atoms with Crippen molar-refractivity contribution in [1.29, 1.82) is 0 Å². The molecule has 3 atom stereocenters. The molecule has 2 aromatic carbocycles. The Morgan fingerprint density at radius 1 is 1.00 bits per heavy atom. The molecule has 2 aromatic rings. The van der Waals surface area contributed by atoms with Gasteiger partial charge in [0.15, 0.2) is 0 Å². The Kier molecular flexibility index (Phi) is 7.08. The molecule has 2 heteroatoms. The van der Waals surface area contributed by atoms with Crippen LogP contribution in [0.15, 0.2) is 60.7 Å².